The fraction of sp³-hybridized carbons (Fsp3) is 0.444. The number of nitrogens with zero attached hydrogens (tertiary/aromatic N) is 2. The Morgan fingerprint density at radius 3 is 3.17 bits per heavy atom. The Morgan fingerprint density at radius 2 is 2.29 bits per heavy atom. The molecule has 0 saturated carbocycles. The fourth-order valence-electron chi connectivity index (χ4n) is 3.09. The molecule has 1 atom stereocenters. The monoisotopic (exact) mass is 328 g/mol. The van der Waals surface area contributed by atoms with Crippen LogP contribution in [-0.4, -0.2) is 35.7 Å². The number of hydrogen-bond acceptors (Lipinski definition) is 4. The van der Waals surface area contributed by atoms with Crippen molar-refractivity contribution in [2.45, 2.75) is 31.8 Å². The largest absolute Gasteiger partial charge is 0.483 e. The van der Waals surface area contributed by atoms with E-state index >= 15 is 0 Å². The van der Waals surface area contributed by atoms with Crippen LogP contribution in [0.5, 0.6) is 5.75 Å². The SMILES string of the molecule is CNC(=O)COc1ccccc1CNCC1CCCn2ccnc21. The Hall–Kier alpha value is -2.34. The number of aryl methyl sites for hydroxylation is 1. The van der Waals surface area contributed by atoms with Gasteiger partial charge in [0.15, 0.2) is 6.61 Å². The van der Waals surface area contributed by atoms with Crippen LogP contribution < -0.4 is 15.4 Å². The van der Waals surface area contributed by atoms with Gasteiger partial charge in [-0.15, -0.1) is 0 Å². The van der Waals surface area contributed by atoms with Gasteiger partial charge >= 0.3 is 0 Å². The van der Waals surface area contributed by atoms with Crippen molar-refractivity contribution in [2.75, 3.05) is 20.2 Å². The molecule has 0 radical (unpaired) electrons. The Balaban J connectivity index is 1.55. The minimum absolute atomic E-state index is 0.0353. The molecule has 3 rings (SSSR count). The maximum atomic E-state index is 11.3. The molecular formula is C18H24N4O2. The predicted octanol–water partition coefficient (Wildman–Crippen LogP) is 1.68. The van der Waals surface area contributed by atoms with Crippen LogP contribution in [0.3, 0.4) is 0 Å². The van der Waals surface area contributed by atoms with Crippen LogP contribution in [0.4, 0.5) is 0 Å². The van der Waals surface area contributed by atoms with E-state index < -0.39 is 0 Å². The predicted molar refractivity (Wildman–Crippen MR) is 91.9 cm³/mol. The molecule has 6 nitrogen and oxygen atoms in total. The summed E-state index contributed by atoms with van der Waals surface area (Å²) in [6.45, 7) is 2.71. The molecule has 2 heterocycles. The topological polar surface area (TPSA) is 68.2 Å². The second-order valence-corrected chi connectivity index (χ2v) is 6.02. The quantitative estimate of drug-likeness (QED) is 0.811. The molecule has 24 heavy (non-hydrogen) atoms. The number of carbonyl (C=O) groups is 1. The van der Waals surface area contributed by atoms with Gasteiger partial charge in [0.25, 0.3) is 5.91 Å². The van der Waals surface area contributed by atoms with Gasteiger partial charge < -0.3 is 19.9 Å². The molecule has 1 aromatic heterocycles. The zero-order chi connectivity index (χ0) is 16.8. The van der Waals surface area contributed by atoms with Gasteiger partial charge in [-0.1, -0.05) is 18.2 Å². The molecule has 128 valence electrons. The van der Waals surface area contributed by atoms with Gasteiger partial charge in [0.2, 0.25) is 0 Å². The minimum Gasteiger partial charge on any atom is -0.483 e. The number of imidazole rings is 1. The molecule has 1 unspecified atom stereocenters. The number of benzene rings is 1. The summed E-state index contributed by atoms with van der Waals surface area (Å²) >= 11 is 0. The van der Waals surface area contributed by atoms with E-state index in [1.165, 1.54) is 18.7 Å². The summed E-state index contributed by atoms with van der Waals surface area (Å²) in [4.78, 5) is 15.8. The van der Waals surface area contributed by atoms with Crippen LogP contribution in [0.2, 0.25) is 0 Å². The Kier molecular flexibility index (Phi) is 5.48. The van der Waals surface area contributed by atoms with E-state index in [0.717, 1.165) is 24.4 Å². The number of amides is 1. The first-order valence-corrected chi connectivity index (χ1v) is 8.41. The lowest BCUT2D eigenvalue weighted by atomic mass is 9.99. The Bertz CT molecular complexity index is 683. The number of nitrogens with one attached hydrogen (secondary N) is 2. The van der Waals surface area contributed by atoms with Crippen molar-refractivity contribution in [1.29, 1.82) is 0 Å². The number of ether oxygens (including phenoxy) is 1. The third-order valence-corrected chi connectivity index (χ3v) is 4.38. The van der Waals surface area contributed by atoms with Crippen molar-refractivity contribution in [3.8, 4) is 5.75 Å². The van der Waals surface area contributed by atoms with E-state index in [-0.39, 0.29) is 12.5 Å². The van der Waals surface area contributed by atoms with Crippen molar-refractivity contribution >= 4 is 5.91 Å². The summed E-state index contributed by atoms with van der Waals surface area (Å²) in [5.41, 5.74) is 1.06. The van der Waals surface area contributed by atoms with E-state index in [2.05, 4.69) is 26.4 Å². The van der Waals surface area contributed by atoms with Crippen LogP contribution in [-0.2, 0) is 17.9 Å². The van der Waals surface area contributed by atoms with Gasteiger partial charge in [-0.3, -0.25) is 4.79 Å². The summed E-state index contributed by atoms with van der Waals surface area (Å²) in [6.07, 6.45) is 6.30. The molecule has 0 aliphatic carbocycles. The van der Waals surface area contributed by atoms with E-state index in [1.54, 1.807) is 7.05 Å². The van der Waals surface area contributed by atoms with E-state index in [0.29, 0.717) is 12.5 Å². The van der Waals surface area contributed by atoms with Gasteiger partial charge in [0.1, 0.15) is 11.6 Å². The number of para-hydroxylation sites is 1. The lowest BCUT2D eigenvalue weighted by molar-refractivity contribution is -0.122. The maximum Gasteiger partial charge on any atom is 0.257 e. The molecule has 1 amide bonds. The van der Waals surface area contributed by atoms with Gasteiger partial charge in [-0.05, 0) is 18.9 Å². The standard InChI is InChI=1S/C18H24N4O2/c1-19-17(23)13-24-16-7-3-2-5-14(16)11-20-12-15-6-4-9-22-10-8-21-18(15)22/h2-3,5,7-8,10,15,20H,4,6,9,11-13H2,1H3,(H,19,23). The molecule has 1 aliphatic rings. The van der Waals surface area contributed by atoms with Crippen LogP contribution in [0.1, 0.15) is 30.1 Å². The van der Waals surface area contributed by atoms with Crippen LogP contribution in [0.25, 0.3) is 0 Å². The second-order valence-electron chi connectivity index (χ2n) is 6.02. The summed E-state index contributed by atoms with van der Waals surface area (Å²) < 4.78 is 7.85. The molecule has 0 saturated heterocycles. The molecule has 2 N–H and O–H groups in total. The second kappa shape index (κ2) is 7.97. The van der Waals surface area contributed by atoms with Gasteiger partial charge in [-0.25, -0.2) is 4.98 Å². The number of likely N-dealkylation sites (N-methyl/N-ethyl adjacent to an activating group) is 1. The van der Waals surface area contributed by atoms with Crippen molar-refractivity contribution < 1.29 is 9.53 Å². The molecular weight excluding hydrogens is 304 g/mol. The smallest absolute Gasteiger partial charge is 0.257 e. The van der Waals surface area contributed by atoms with Gasteiger partial charge in [0, 0.05) is 50.6 Å². The highest BCUT2D eigenvalue weighted by Crippen LogP contribution is 2.25. The molecule has 0 fully saturated rings. The van der Waals surface area contributed by atoms with Crippen molar-refractivity contribution in [3.05, 3.63) is 48.0 Å². The van der Waals surface area contributed by atoms with E-state index in [4.69, 9.17) is 4.74 Å². The van der Waals surface area contributed by atoms with E-state index in [9.17, 15) is 4.79 Å². The number of aromatic nitrogens is 2. The zero-order valence-corrected chi connectivity index (χ0v) is 14.0. The first kappa shape index (κ1) is 16.5. The number of rotatable bonds is 7. The third-order valence-electron chi connectivity index (χ3n) is 4.38. The highest BCUT2D eigenvalue weighted by Gasteiger charge is 2.20. The van der Waals surface area contributed by atoms with Crippen molar-refractivity contribution in [3.63, 3.8) is 0 Å². The normalized spacial score (nSPS) is 16.5. The molecule has 1 aromatic carbocycles. The lowest BCUT2D eigenvalue weighted by Gasteiger charge is -2.24. The number of fused-ring (bicyclic) bond motifs is 1. The summed E-state index contributed by atoms with van der Waals surface area (Å²) in [6, 6.07) is 7.82. The molecule has 0 bridgehead atoms. The molecule has 0 spiro atoms. The average molecular weight is 328 g/mol. The van der Waals surface area contributed by atoms with Crippen molar-refractivity contribution in [2.24, 2.45) is 0 Å². The van der Waals surface area contributed by atoms with Gasteiger partial charge in [0.05, 0.1) is 0 Å². The first-order chi connectivity index (χ1) is 11.8. The fourth-order valence-corrected chi connectivity index (χ4v) is 3.09. The Morgan fingerprint density at radius 1 is 1.42 bits per heavy atom. The zero-order valence-electron chi connectivity index (χ0n) is 14.0. The highest BCUT2D eigenvalue weighted by atomic mass is 16.5. The van der Waals surface area contributed by atoms with Crippen LogP contribution in [0.15, 0.2) is 36.7 Å². The lowest BCUT2D eigenvalue weighted by Crippen LogP contribution is -2.27. The summed E-state index contributed by atoms with van der Waals surface area (Å²) in [7, 11) is 1.60. The van der Waals surface area contributed by atoms with E-state index in [1.807, 2.05) is 30.5 Å². The minimum atomic E-state index is -0.133. The number of hydrogen-bond donors (Lipinski definition) is 2. The summed E-state index contributed by atoms with van der Waals surface area (Å²) in [5.74, 6) is 2.25. The van der Waals surface area contributed by atoms with Crippen molar-refractivity contribution in [1.82, 2.24) is 20.2 Å². The average Bonchev–Trinajstić information content (AvgIpc) is 3.10. The maximum absolute atomic E-state index is 11.3. The molecule has 1 aliphatic heterocycles. The first-order valence-electron chi connectivity index (χ1n) is 8.41. The number of carbonyl (C=O) groups excluding carboxylic acids is 1. The molecule has 2 aromatic rings. The summed E-state index contributed by atoms with van der Waals surface area (Å²) in [5, 5.41) is 6.07. The molecule has 6 heteroatoms. The van der Waals surface area contributed by atoms with Crippen LogP contribution >= 0.6 is 0 Å². The Labute approximate surface area is 142 Å². The third kappa shape index (κ3) is 3.94. The van der Waals surface area contributed by atoms with Crippen LogP contribution in [0, 0.1) is 0 Å². The highest BCUT2D eigenvalue weighted by molar-refractivity contribution is 5.77. The van der Waals surface area contributed by atoms with Gasteiger partial charge in [-0.2, -0.15) is 0 Å².